The van der Waals surface area contributed by atoms with Crippen molar-refractivity contribution in [2.75, 3.05) is 6.61 Å². The molecular weight excluding hydrogens is 516 g/mol. The van der Waals surface area contributed by atoms with Gasteiger partial charge in [-0.15, -0.1) is 0 Å². The van der Waals surface area contributed by atoms with Crippen LogP contribution in [0.2, 0.25) is 0 Å². The number of aromatic amines is 1. The van der Waals surface area contributed by atoms with Gasteiger partial charge in [0, 0.05) is 36.5 Å². The number of nitrogens with zero attached hydrogens (tertiary/aromatic N) is 1. The Morgan fingerprint density at radius 3 is 2.38 bits per heavy atom. The highest BCUT2D eigenvalue weighted by molar-refractivity contribution is 5.94. The minimum absolute atomic E-state index is 0.0737. The number of rotatable bonds is 8. The number of benzene rings is 2. The van der Waals surface area contributed by atoms with E-state index in [1.54, 1.807) is 27.0 Å². The number of carboxylic acids is 1. The van der Waals surface area contributed by atoms with Crippen LogP contribution in [0.3, 0.4) is 0 Å². The number of carbonyl (C=O) groups excluding carboxylic acids is 3. The van der Waals surface area contributed by atoms with Crippen molar-refractivity contribution in [3.63, 3.8) is 0 Å². The van der Waals surface area contributed by atoms with Gasteiger partial charge in [-0.2, -0.15) is 0 Å². The number of carboxylic acid groups (broad SMARTS) is 1. The summed E-state index contributed by atoms with van der Waals surface area (Å²) in [5.41, 5.74) is 2.53. The van der Waals surface area contributed by atoms with Crippen molar-refractivity contribution in [3.05, 3.63) is 71.4 Å². The van der Waals surface area contributed by atoms with Crippen LogP contribution in [0.4, 0.5) is 4.79 Å². The molecule has 2 aromatic carbocycles. The topological polar surface area (TPSA) is 161 Å². The van der Waals surface area contributed by atoms with Crippen LogP contribution >= 0.6 is 0 Å². The van der Waals surface area contributed by atoms with E-state index in [4.69, 9.17) is 4.74 Å². The predicted octanol–water partition coefficient (Wildman–Crippen LogP) is 2.12. The molecule has 1 aromatic heterocycles. The van der Waals surface area contributed by atoms with Crippen LogP contribution in [0.1, 0.15) is 37.5 Å². The van der Waals surface area contributed by atoms with Gasteiger partial charge in [0.15, 0.2) is 0 Å². The summed E-state index contributed by atoms with van der Waals surface area (Å²) in [5.74, 6) is -2.64. The zero-order chi connectivity index (χ0) is 29.0. The summed E-state index contributed by atoms with van der Waals surface area (Å²) in [6, 6.07) is 11.2. The minimum atomic E-state index is -1.52. The number of nitrogens with one attached hydrogen (secondary N) is 3. The Morgan fingerprint density at radius 1 is 1.02 bits per heavy atom. The number of hydrogen-bond acceptors (Lipinski definition) is 6. The van der Waals surface area contributed by atoms with Crippen LogP contribution < -0.4 is 10.6 Å². The number of para-hydroxylation sites is 1. The maximum Gasteiger partial charge on any atom is 0.408 e. The van der Waals surface area contributed by atoms with Crippen molar-refractivity contribution >= 4 is 34.8 Å². The first-order chi connectivity index (χ1) is 19.0. The Balaban J connectivity index is 1.68. The largest absolute Gasteiger partial charge is 0.480 e. The zero-order valence-electron chi connectivity index (χ0n) is 22.6. The number of fused-ring (bicyclic) bond motifs is 2. The van der Waals surface area contributed by atoms with Gasteiger partial charge in [0.25, 0.3) is 0 Å². The number of carbonyl (C=O) groups is 4. The molecule has 2 heterocycles. The van der Waals surface area contributed by atoms with Crippen molar-refractivity contribution in [3.8, 4) is 0 Å². The molecule has 0 spiro atoms. The molecule has 0 unspecified atom stereocenters. The highest BCUT2D eigenvalue weighted by Crippen LogP contribution is 2.26. The third kappa shape index (κ3) is 6.60. The van der Waals surface area contributed by atoms with Crippen LogP contribution in [-0.2, 0) is 38.5 Å². The van der Waals surface area contributed by atoms with E-state index in [1.807, 2.05) is 48.5 Å². The second-order valence-corrected chi connectivity index (χ2v) is 10.8. The summed E-state index contributed by atoms with van der Waals surface area (Å²) in [7, 11) is 0. The van der Waals surface area contributed by atoms with Crippen molar-refractivity contribution in [1.29, 1.82) is 0 Å². The standard InChI is InChI=1S/C29H34N4O7/c1-29(2,3)40-28(39)32-22(12-19-14-30-21-11-7-6-10-20(19)21)26(36)33-15-18-9-5-4-8-17(18)13-24(33)25(35)31-23(16-34)27(37)38/h4-11,14,22-24,30,34H,12-13,15-16H2,1-3H3,(H,31,35)(H,32,39)(H,37,38)/t22-,23-,24-/m0/s1. The van der Waals surface area contributed by atoms with Gasteiger partial charge in [0.2, 0.25) is 11.8 Å². The summed E-state index contributed by atoms with van der Waals surface area (Å²) in [4.78, 5) is 56.3. The van der Waals surface area contributed by atoms with E-state index in [2.05, 4.69) is 15.6 Å². The lowest BCUT2D eigenvalue weighted by Crippen LogP contribution is -2.60. The second kappa shape index (κ2) is 11.8. The number of alkyl carbamates (subject to hydrolysis) is 1. The molecule has 4 rings (SSSR count). The van der Waals surface area contributed by atoms with Gasteiger partial charge in [-0.1, -0.05) is 42.5 Å². The highest BCUT2D eigenvalue weighted by atomic mass is 16.6. The van der Waals surface area contributed by atoms with E-state index in [-0.39, 0.29) is 19.4 Å². The highest BCUT2D eigenvalue weighted by Gasteiger charge is 2.39. The van der Waals surface area contributed by atoms with E-state index in [0.717, 1.165) is 27.6 Å². The van der Waals surface area contributed by atoms with Gasteiger partial charge in [-0.25, -0.2) is 9.59 Å². The number of hydrogen-bond donors (Lipinski definition) is 5. The van der Waals surface area contributed by atoms with Crippen molar-refractivity contribution < 1.29 is 34.1 Å². The molecule has 3 amide bonds. The van der Waals surface area contributed by atoms with E-state index < -0.39 is 54.2 Å². The van der Waals surface area contributed by atoms with E-state index in [1.165, 1.54) is 4.90 Å². The third-order valence-corrected chi connectivity index (χ3v) is 6.72. The number of aliphatic carboxylic acids is 1. The van der Waals surface area contributed by atoms with Gasteiger partial charge in [-0.05, 0) is 43.5 Å². The summed E-state index contributed by atoms with van der Waals surface area (Å²) in [6.07, 6.45) is 1.24. The van der Waals surface area contributed by atoms with Crippen LogP contribution in [0, 0.1) is 0 Å². The molecule has 11 nitrogen and oxygen atoms in total. The summed E-state index contributed by atoms with van der Waals surface area (Å²) >= 11 is 0. The first-order valence-electron chi connectivity index (χ1n) is 13.0. The fraction of sp³-hybridized carbons (Fsp3) is 0.379. The van der Waals surface area contributed by atoms with Gasteiger partial charge in [0.05, 0.1) is 6.61 Å². The molecule has 3 aromatic rings. The quantitative estimate of drug-likeness (QED) is 0.287. The molecule has 0 saturated heterocycles. The lowest BCUT2D eigenvalue weighted by Gasteiger charge is -2.38. The molecule has 1 aliphatic heterocycles. The van der Waals surface area contributed by atoms with Gasteiger partial charge >= 0.3 is 12.1 Å². The molecular formula is C29H34N4O7. The molecule has 5 N–H and O–H groups in total. The fourth-order valence-corrected chi connectivity index (χ4v) is 4.81. The lowest BCUT2D eigenvalue weighted by atomic mass is 9.92. The molecule has 0 fully saturated rings. The minimum Gasteiger partial charge on any atom is -0.480 e. The molecule has 3 atom stereocenters. The van der Waals surface area contributed by atoms with Crippen molar-refractivity contribution in [1.82, 2.24) is 20.5 Å². The lowest BCUT2D eigenvalue weighted by molar-refractivity contribution is -0.147. The normalized spacial score (nSPS) is 16.5. The predicted molar refractivity (Wildman–Crippen MR) is 146 cm³/mol. The maximum atomic E-state index is 14.2. The SMILES string of the molecule is CC(C)(C)OC(=O)N[C@@H](Cc1c[nH]c2ccccc12)C(=O)N1Cc2ccccc2C[C@H]1C(=O)N[C@@H](CO)C(=O)O. The number of H-pyrrole nitrogens is 1. The van der Waals surface area contributed by atoms with Crippen LogP contribution in [0.5, 0.6) is 0 Å². The molecule has 0 aliphatic carbocycles. The molecule has 212 valence electrons. The van der Waals surface area contributed by atoms with Crippen LogP contribution in [-0.4, -0.2) is 74.3 Å². The summed E-state index contributed by atoms with van der Waals surface area (Å²) < 4.78 is 5.44. The summed E-state index contributed by atoms with van der Waals surface area (Å²) in [5, 5.41) is 24.7. The first kappa shape index (κ1) is 28.6. The number of aromatic nitrogens is 1. The Hall–Kier alpha value is -4.38. The Kier molecular flexibility index (Phi) is 8.43. The molecule has 1 aliphatic rings. The molecule has 0 bridgehead atoms. The molecule has 0 radical (unpaired) electrons. The number of aliphatic hydroxyl groups excluding tert-OH is 1. The van der Waals surface area contributed by atoms with Crippen LogP contribution in [0.25, 0.3) is 10.9 Å². The zero-order valence-corrected chi connectivity index (χ0v) is 22.6. The van der Waals surface area contributed by atoms with Crippen molar-refractivity contribution in [2.45, 2.75) is 63.9 Å². The first-order valence-corrected chi connectivity index (χ1v) is 13.0. The van der Waals surface area contributed by atoms with Gasteiger partial charge in [0.1, 0.15) is 23.7 Å². The average Bonchev–Trinajstić information content (AvgIpc) is 3.31. The smallest absolute Gasteiger partial charge is 0.408 e. The molecule has 0 saturated carbocycles. The summed E-state index contributed by atoms with van der Waals surface area (Å²) in [6.45, 7) is 4.41. The average molecular weight is 551 g/mol. The number of amides is 3. The number of ether oxygens (including phenoxy) is 1. The molecule has 11 heteroatoms. The maximum absolute atomic E-state index is 14.2. The Bertz CT molecular complexity index is 1410. The van der Waals surface area contributed by atoms with E-state index >= 15 is 0 Å². The fourth-order valence-electron chi connectivity index (χ4n) is 4.81. The Morgan fingerprint density at radius 2 is 1.70 bits per heavy atom. The monoisotopic (exact) mass is 550 g/mol. The second-order valence-electron chi connectivity index (χ2n) is 10.8. The van der Waals surface area contributed by atoms with E-state index in [0.29, 0.717) is 0 Å². The third-order valence-electron chi connectivity index (χ3n) is 6.72. The molecule has 40 heavy (non-hydrogen) atoms. The van der Waals surface area contributed by atoms with Gasteiger partial charge < -0.3 is 35.5 Å². The number of aliphatic hydroxyl groups is 1. The van der Waals surface area contributed by atoms with E-state index in [9.17, 15) is 29.4 Å². The Labute approximate surface area is 231 Å². The van der Waals surface area contributed by atoms with Crippen molar-refractivity contribution in [2.24, 2.45) is 0 Å². The van der Waals surface area contributed by atoms with Gasteiger partial charge in [-0.3, -0.25) is 9.59 Å². The van der Waals surface area contributed by atoms with Crippen LogP contribution in [0.15, 0.2) is 54.7 Å².